The number of nitrogens with zero attached hydrogens (tertiary/aromatic N) is 2. The van der Waals surface area contributed by atoms with Crippen LogP contribution in [0.3, 0.4) is 0 Å². The predicted octanol–water partition coefficient (Wildman–Crippen LogP) is 3.83. The molecule has 0 unspecified atom stereocenters. The normalized spacial score (nSPS) is 15.0. The standard InChI is InChI=1S/C14H17NO.C3H7NOS/c1-10-9-14(3,4)15(11(2)16)13-8-6-5-7-12(10)13;1-4(2)3(5)6/h5-9H,1-4H3;1-2H3,(H,5,6). The van der Waals surface area contributed by atoms with Gasteiger partial charge in [0.2, 0.25) is 5.91 Å². The van der Waals surface area contributed by atoms with Crippen molar-refractivity contribution < 1.29 is 9.59 Å². The zero-order valence-electron chi connectivity index (χ0n) is 14.0. The highest BCUT2D eigenvalue weighted by Gasteiger charge is 2.33. The van der Waals surface area contributed by atoms with Gasteiger partial charge in [-0.1, -0.05) is 36.9 Å². The van der Waals surface area contributed by atoms with Gasteiger partial charge in [-0.2, -0.15) is 0 Å². The molecule has 0 atom stereocenters. The van der Waals surface area contributed by atoms with E-state index in [-0.39, 0.29) is 16.7 Å². The summed E-state index contributed by atoms with van der Waals surface area (Å²) in [5, 5.41) is -0.213. The summed E-state index contributed by atoms with van der Waals surface area (Å²) in [6, 6.07) is 8.05. The van der Waals surface area contributed by atoms with Crippen LogP contribution < -0.4 is 4.90 Å². The maximum absolute atomic E-state index is 11.8. The number of hydrogen-bond acceptors (Lipinski definition) is 2. The van der Waals surface area contributed by atoms with Crippen molar-refractivity contribution >= 4 is 35.0 Å². The summed E-state index contributed by atoms with van der Waals surface area (Å²) in [5.41, 5.74) is 3.15. The summed E-state index contributed by atoms with van der Waals surface area (Å²) in [6.07, 6.45) is 2.15. The highest BCUT2D eigenvalue weighted by atomic mass is 32.1. The van der Waals surface area contributed by atoms with E-state index in [0.717, 1.165) is 11.3 Å². The molecule has 2 amide bonds. The zero-order chi connectivity index (χ0) is 17.1. The van der Waals surface area contributed by atoms with Gasteiger partial charge in [0.1, 0.15) is 0 Å². The molecule has 0 saturated carbocycles. The van der Waals surface area contributed by atoms with E-state index >= 15 is 0 Å². The largest absolute Gasteiger partial charge is 0.340 e. The van der Waals surface area contributed by atoms with Crippen LogP contribution in [0.2, 0.25) is 0 Å². The van der Waals surface area contributed by atoms with Crippen LogP contribution in [0.15, 0.2) is 30.3 Å². The Labute approximate surface area is 138 Å². The van der Waals surface area contributed by atoms with Crippen LogP contribution in [0.25, 0.3) is 5.57 Å². The van der Waals surface area contributed by atoms with Crippen molar-refractivity contribution in [3.05, 3.63) is 35.9 Å². The van der Waals surface area contributed by atoms with E-state index in [1.807, 2.05) is 23.1 Å². The smallest absolute Gasteiger partial charge is 0.278 e. The van der Waals surface area contributed by atoms with Crippen LogP contribution in [0.4, 0.5) is 10.5 Å². The first-order valence-corrected chi connectivity index (χ1v) is 7.52. The summed E-state index contributed by atoms with van der Waals surface area (Å²) in [5.74, 6) is 0.0844. The number of thiol groups is 1. The van der Waals surface area contributed by atoms with E-state index in [1.165, 1.54) is 10.5 Å². The van der Waals surface area contributed by atoms with E-state index in [2.05, 4.69) is 45.5 Å². The number of carbonyl (C=O) groups is 2. The van der Waals surface area contributed by atoms with Gasteiger partial charge in [-0.25, -0.2) is 0 Å². The fourth-order valence-corrected chi connectivity index (χ4v) is 2.56. The number of anilines is 1. The Morgan fingerprint density at radius 1 is 1.18 bits per heavy atom. The molecule has 0 spiro atoms. The molecule has 1 aromatic rings. The third-order valence-corrected chi connectivity index (χ3v) is 3.81. The molecular weight excluding hydrogens is 296 g/mol. The van der Waals surface area contributed by atoms with Crippen molar-refractivity contribution in [3.8, 4) is 0 Å². The number of rotatable bonds is 0. The molecule has 0 bridgehead atoms. The minimum atomic E-state index is -0.246. The number of para-hydroxylation sites is 1. The molecule has 0 radical (unpaired) electrons. The third-order valence-electron chi connectivity index (χ3n) is 3.41. The minimum Gasteiger partial charge on any atom is -0.340 e. The van der Waals surface area contributed by atoms with Gasteiger partial charge in [-0.15, -0.1) is 0 Å². The predicted molar refractivity (Wildman–Crippen MR) is 95.4 cm³/mol. The lowest BCUT2D eigenvalue weighted by molar-refractivity contribution is -0.117. The van der Waals surface area contributed by atoms with Crippen molar-refractivity contribution in [2.45, 2.75) is 33.2 Å². The highest BCUT2D eigenvalue weighted by molar-refractivity contribution is 7.96. The van der Waals surface area contributed by atoms with Crippen molar-refractivity contribution in [1.29, 1.82) is 0 Å². The Balaban J connectivity index is 0.000000346. The summed E-state index contributed by atoms with van der Waals surface area (Å²) in [4.78, 5) is 25.0. The number of amides is 2. The van der Waals surface area contributed by atoms with Gasteiger partial charge in [0.15, 0.2) is 0 Å². The van der Waals surface area contributed by atoms with Crippen LogP contribution in [0.1, 0.15) is 33.3 Å². The topological polar surface area (TPSA) is 40.6 Å². The molecule has 5 heteroatoms. The average molecular weight is 320 g/mol. The number of carbonyl (C=O) groups excluding carboxylic acids is 2. The lowest BCUT2D eigenvalue weighted by Gasteiger charge is -2.41. The molecule has 1 aliphatic rings. The number of allylic oxidation sites excluding steroid dienone is 1. The second-order valence-corrected chi connectivity index (χ2v) is 6.41. The number of fused-ring (bicyclic) bond motifs is 1. The monoisotopic (exact) mass is 320 g/mol. The third kappa shape index (κ3) is 4.13. The average Bonchev–Trinajstić information content (AvgIpc) is 2.37. The van der Waals surface area contributed by atoms with Crippen molar-refractivity contribution in [2.75, 3.05) is 19.0 Å². The molecule has 4 nitrogen and oxygen atoms in total. The molecule has 22 heavy (non-hydrogen) atoms. The van der Waals surface area contributed by atoms with E-state index in [1.54, 1.807) is 21.0 Å². The fourth-order valence-electron chi connectivity index (χ4n) is 2.56. The van der Waals surface area contributed by atoms with Crippen LogP contribution in [-0.4, -0.2) is 35.7 Å². The van der Waals surface area contributed by atoms with Gasteiger partial charge in [0.25, 0.3) is 5.24 Å². The summed E-state index contributed by atoms with van der Waals surface area (Å²) >= 11 is 3.48. The molecule has 0 aliphatic carbocycles. The Morgan fingerprint density at radius 2 is 1.68 bits per heavy atom. The Bertz CT molecular complexity index is 606. The van der Waals surface area contributed by atoms with Crippen LogP contribution in [-0.2, 0) is 4.79 Å². The molecule has 1 heterocycles. The van der Waals surface area contributed by atoms with Gasteiger partial charge in [0, 0.05) is 26.6 Å². The van der Waals surface area contributed by atoms with Crippen LogP contribution in [0, 0.1) is 0 Å². The SMILES string of the molecule is CC(=O)N1c2ccccc2C(C)=CC1(C)C.CN(C)C(=O)S. The minimum absolute atomic E-state index is 0.0844. The molecule has 2 rings (SSSR count). The van der Waals surface area contributed by atoms with E-state index in [9.17, 15) is 9.59 Å². The van der Waals surface area contributed by atoms with E-state index < -0.39 is 0 Å². The van der Waals surface area contributed by atoms with Crippen molar-refractivity contribution in [2.24, 2.45) is 0 Å². The van der Waals surface area contributed by atoms with E-state index in [0.29, 0.717) is 0 Å². The summed E-state index contributed by atoms with van der Waals surface area (Å²) in [6.45, 7) is 7.84. The first-order valence-electron chi connectivity index (χ1n) is 7.08. The van der Waals surface area contributed by atoms with Crippen LogP contribution >= 0.6 is 12.6 Å². The fraction of sp³-hybridized carbons (Fsp3) is 0.412. The number of hydrogen-bond donors (Lipinski definition) is 1. The zero-order valence-corrected chi connectivity index (χ0v) is 14.9. The quantitative estimate of drug-likeness (QED) is 0.738. The molecular formula is C17H24N2O2S. The summed E-state index contributed by atoms with van der Waals surface area (Å²) in [7, 11) is 3.30. The molecule has 0 saturated heterocycles. The second-order valence-electron chi connectivity index (χ2n) is 6.03. The van der Waals surface area contributed by atoms with Gasteiger partial charge in [-0.3, -0.25) is 9.59 Å². The van der Waals surface area contributed by atoms with Gasteiger partial charge < -0.3 is 9.80 Å². The summed E-state index contributed by atoms with van der Waals surface area (Å²) < 4.78 is 0. The van der Waals surface area contributed by atoms with E-state index in [4.69, 9.17) is 0 Å². The molecule has 1 aromatic carbocycles. The molecule has 0 aromatic heterocycles. The van der Waals surface area contributed by atoms with Gasteiger partial charge >= 0.3 is 0 Å². The second kappa shape index (κ2) is 7.01. The Hall–Kier alpha value is -1.75. The maximum Gasteiger partial charge on any atom is 0.278 e. The Kier molecular flexibility index (Phi) is 5.83. The van der Waals surface area contributed by atoms with Crippen molar-refractivity contribution in [3.63, 3.8) is 0 Å². The maximum atomic E-state index is 11.8. The highest BCUT2D eigenvalue weighted by Crippen LogP contribution is 2.38. The lowest BCUT2D eigenvalue weighted by Crippen LogP contribution is -2.47. The molecule has 0 N–H and O–H groups in total. The molecule has 120 valence electrons. The van der Waals surface area contributed by atoms with Crippen LogP contribution in [0.5, 0.6) is 0 Å². The first-order chi connectivity index (χ1) is 10.1. The van der Waals surface area contributed by atoms with Gasteiger partial charge in [0.05, 0.1) is 11.2 Å². The number of benzene rings is 1. The lowest BCUT2D eigenvalue weighted by atomic mass is 9.89. The van der Waals surface area contributed by atoms with Crippen molar-refractivity contribution in [1.82, 2.24) is 4.90 Å². The first kappa shape index (κ1) is 18.3. The van der Waals surface area contributed by atoms with Gasteiger partial charge in [-0.05, 0) is 32.4 Å². The Morgan fingerprint density at radius 3 is 2.14 bits per heavy atom. The molecule has 1 aliphatic heterocycles. The molecule has 0 fully saturated rings.